The number of aryl methyl sites for hydroxylation is 1. The van der Waals surface area contributed by atoms with Crippen molar-refractivity contribution in [2.24, 2.45) is 0 Å². The Balaban J connectivity index is 2.26. The van der Waals surface area contributed by atoms with Gasteiger partial charge in [0.25, 0.3) is 11.6 Å². The Bertz CT molecular complexity index is 755. The van der Waals surface area contributed by atoms with E-state index in [1.165, 1.54) is 12.1 Å². The molecule has 0 saturated carbocycles. The number of nitrogens with zero attached hydrogens (tertiary/aromatic N) is 2. The molecule has 126 valence electrons. The monoisotopic (exact) mass is 327 g/mol. The molecule has 24 heavy (non-hydrogen) atoms. The first-order valence-electron chi connectivity index (χ1n) is 7.88. The fourth-order valence-corrected chi connectivity index (χ4v) is 2.59. The molecule has 1 N–H and O–H groups in total. The lowest BCUT2D eigenvalue weighted by Crippen LogP contribution is -2.22. The van der Waals surface area contributed by atoms with Crippen LogP contribution in [0.2, 0.25) is 0 Å². The summed E-state index contributed by atoms with van der Waals surface area (Å²) in [5.74, 6) is -0.485. The van der Waals surface area contributed by atoms with Crippen LogP contribution in [0.3, 0.4) is 0 Å². The standard InChI is InChI=1S/C18H21N3O3/c1-4-20(5-2)14-10-11-16(13(3)12-14)19-18(22)15-8-6-7-9-17(15)21(23)24/h6-12H,4-5H2,1-3H3,(H,19,22). The van der Waals surface area contributed by atoms with Crippen LogP contribution in [-0.2, 0) is 0 Å². The van der Waals surface area contributed by atoms with Gasteiger partial charge in [-0.25, -0.2) is 0 Å². The number of hydrogen-bond donors (Lipinski definition) is 1. The first-order chi connectivity index (χ1) is 11.5. The second kappa shape index (κ2) is 7.59. The molecule has 0 aliphatic rings. The first kappa shape index (κ1) is 17.5. The maximum Gasteiger partial charge on any atom is 0.282 e. The minimum Gasteiger partial charge on any atom is -0.372 e. The molecule has 6 nitrogen and oxygen atoms in total. The van der Waals surface area contributed by atoms with Gasteiger partial charge in [-0.05, 0) is 50.6 Å². The molecule has 0 radical (unpaired) electrons. The van der Waals surface area contributed by atoms with E-state index in [2.05, 4.69) is 24.1 Å². The number of benzene rings is 2. The van der Waals surface area contributed by atoms with Gasteiger partial charge < -0.3 is 10.2 Å². The third kappa shape index (κ3) is 3.71. The summed E-state index contributed by atoms with van der Waals surface area (Å²) in [7, 11) is 0. The van der Waals surface area contributed by atoms with E-state index in [1.807, 2.05) is 25.1 Å². The third-order valence-corrected chi connectivity index (χ3v) is 3.93. The van der Waals surface area contributed by atoms with E-state index in [0.717, 1.165) is 24.3 Å². The summed E-state index contributed by atoms with van der Waals surface area (Å²) in [6.07, 6.45) is 0. The van der Waals surface area contributed by atoms with Crippen molar-refractivity contribution in [2.75, 3.05) is 23.3 Å². The predicted octanol–water partition coefficient (Wildman–Crippen LogP) is 4.00. The second-order valence-corrected chi connectivity index (χ2v) is 5.40. The molecule has 0 atom stereocenters. The molecule has 0 bridgehead atoms. The number of anilines is 2. The number of amides is 1. The van der Waals surface area contributed by atoms with Gasteiger partial charge in [0.15, 0.2) is 0 Å². The maximum absolute atomic E-state index is 12.4. The predicted molar refractivity (Wildman–Crippen MR) is 95.8 cm³/mol. The van der Waals surface area contributed by atoms with Crippen LogP contribution in [0, 0.1) is 17.0 Å². The van der Waals surface area contributed by atoms with Gasteiger partial charge in [0.2, 0.25) is 0 Å². The molecular weight excluding hydrogens is 306 g/mol. The van der Waals surface area contributed by atoms with Crippen LogP contribution in [0.1, 0.15) is 29.8 Å². The molecule has 0 fully saturated rings. The maximum atomic E-state index is 12.4. The van der Waals surface area contributed by atoms with Crippen molar-refractivity contribution in [1.29, 1.82) is 0 Å². The van der Waals surface area contributed by atoms with Gasteiger partial charge in [0, 0.05) is 30.5 Å². The van der Waals surface area contributed by atoms with Crippen LogP contribution in [0.25, 0.3) is 0 Å². The highest BCUT2D eigenvalue weighted by molar-refractivity contribution is 6.07. The van der Waals surface area contributed by atoms with Gasteiger partial charge in [-0.1, -0.05) is 12.1 Å². The zero-order valence-corrected chi connectivity index (χ0v) is 14.1. The van der Waals surface area contributed by atoms with Crippen LogP contribution >= 0.6 is 0 Å². The minimum atomic E-state index is -0.550. The quantitative estimate of drug-likeness (QED) is 0.642. The summed E-state index contributed by atoms with van der Waals surface area (Å²) in [5.41, 5.74) is 2.49. The smallest absolute Gasteiger partial charge is 0.282 e. The van der Waals surface area contributed by atoms with E-state index >= 15 is 0 Å². The molecule has 0 heterocycles. The Labute approximate surface area is 141 Å². The number of nitro groups is 1. The lowest BCUT2D eigenvalue weighted by atomic mass is 10.1. The Kier molecular flexibility index (Phi) is 5.52. The van der Waals surface area contributed by atoms with Crippen LogP contribution in [0.4, 0.5) is 17.1 Å². The average Bonchev–Trinajstić information content (AvgIpc) is 2.58. The second-order valence-electron chi connectivity index (χ2n) is 5.40. The summed E-state index contributed by atoms with van der Waals surface area (Å²) in [5, 5.41) is 13.8. The molecule has 1 amide bonds. The Morgan fingerprint density at radius 3 is 2.42 bits per heavy atom. The molecule has 0 aromatic heterocycles. The fraction of sp³-hybridized carbons (Fsp3) is 0.278. The summed E-state index contributed by atoms with van der Waals surface area (Å²) >= 11 is 0. The molecule has 2 aromatic rings. The topological polar surface area (TPSA) is 75.5 Å². The zero-order valence-electron chi connectivity index (χ0n) is 14.1. The van der Waals surface area contributed by atoms with Gasteiger partial charge in [-0.3, -0.25) is 14.9 Å². The van der Waals surface area contributed by atoms with E-state index in [0.29, 0.717) is 5.69 Å². The van der Waals surface area contributed by atoms with Crippen LogP contribution < -0.4 is 10.2 Å². The van der Waals surface area contributed by atoms with Gasteiger partial charge in [0.1, 0.15) is 5.56 Å². The SMILES string of the molecule is CCN(CC)c1ccc(NC(=O)c2ccccc2[N+](=O)[O-])c(C)c1. The van der Waals surface area contributed by atoms with Crippen molar-refractivity contribution in [2.45, 2.75) is 20.8 Å². The molecule has 0 saturated heterocycles. The van der Waals surface area contributed by atoms with Crippen molar-refractivity contribution in [3.8, 4) is 0 Å². The molecule has 2 aromatic carbocycles. The van der Waals surface area contributed by atoms with E-state index in [-0.39, 0.29) is 11.3 Å². The molecule has 0 aliphatic heterocycles. The highest BCUT2D eigenvalue weighted by Gasteiger charge is 2.19. The number of rotatable bonds is 6. The third-order valence-electron chi connectivity index (χ3n) is 3.93. The molecule has 0 spiro atoms. The normalized spacial score (nSPS) is 10.3. The Morgan fingerprint density at radius 1 is 1.17 bits per heavy atom. The van der Waals surface area contributed by atoms with Crippen molar-refractivity contribution in [3.05, 3.63) is 63.7 Å². The van der Waals surface area contributed by atoms with Crippen LogP contribution in [0.5, 0.6) is 0 Å². The molecular formula is C18H21N3O3. The van der Waals surface area contributed by atoms with Crippen molar-refractivity contribution >= 4 is 23.0 Å². The molecule has 0 aliphatic carbocycles. The van der Waals surface area contributed by atoms with Gasteiger partial charge >= 0.3 is 0 Å². The number of carbonyl (C=O) groups excluding carboxylic acids is 1. The van der Waals surface area contributed by atoms with E-state index in [9.17, 15) is 14.9 Å². The number of hydrogen-bond acceptors (Lipinski definition) is 4. The summed E-state index contributed by atoms with van der Waals surface area (Å²) < 4.78 is 0. The summed E-state index contributed by atoms with van der Waals surface area (Å²) in [6.45, 7) is 7.88. The van der Waals surface area contributed by atoms with Crippen molar-refractivity contribution in [1.82, 2.24) is 0 Å². The van der Waals surface area contributed by atoms with Gasteiger partial charge in [-0.15, -0.1) is 0 Å². The molecule has 0 unspecified atom stereocenters. The lowest BCUT2D eigenvalue weighted by Gasteiger charge is -2.22. The molecule has 2 rings (SSSR count). The van der Waals surface area contributed by atoms with Gasteiger partial charge in [-0.2, -0.15) is 0 Å². The van der Waals surface area contributed by atoms with Gasteiger partial charge in [0.05, 0.1) is 4.92 Å². The van der Waals surface area contributed by atoms with Crippen LogP contribution in [-0.4, -0.2) is 23.9 Å². The minimum absolute atomic E-state index is 0.0507. The van der Waals surface area contributed by atoms with E-state index in [1.54, 1.807) is 12.1 Å². The number of nitro benzene ring substituents is 1. The van der Waals surface area contributed by atoms with Crippen molar-refractivity contribution in [3.63, 3.8) is 0 Å². The highest BCUT2D eigenvalue weighted by Crippen LogP contribution is 2.24. The van der Waals surface area contributed by atoms with Crippen LogP contribution in [0.15, 0.2) is 42.5 Å². The summed E-state index contributed by atoms with van der Waals surface area (Å²) in [6, 6.07) is 11.7. The Morgan fingerprint density at radius 2 is 1.83 bits per heavy atom. The average molecular weight is 327 g/mol. The highest BCUT2D eigenvalue weighted by atomic mass is 16.6. The summed E-state index contributed by atoms with van der Waals surface area (Å²) in [4.78, 5) is 25.1. The largest absolute Gasteiger partial charge is 0.372 e. The lowest BCUT2D eigenvalue weighted by molar-refractivity contribution is -0.385. The van der Waals surface area contributed by atoms with E-state index in [4.69, 9.17) is 0 Å². The number of nitrogens with one attached hydrogen (secondary N) is 1. The fourth-order valence-electron chi connectivity index (χ4n) is 2.59. The molecule has 6 heteroatoms. The first-order valence-corrected chi connectivity index (χ1v) is 7.88. The van der Waals surface area contributed by atoms with E-state index < -0.39 is 10.8 Å². The van der Waals surface area contributed by atoms with Crippen molar-refractivity contribution < 1.29 is 9.72 Å². The zero-order chi connectivity index (χ0) is 17.7. The Hall–Kier alpha value is -2.89. The number of para-hydroxylation sites is 1. The number of carbonyl (C=O) groups is 1.